The zero-order chi connectivity index (χ0) is 26.1. The van der Waals surface area contributed by atoms with Gasteiger partial charge in [-0.3, -0.25) is 10.1 Å². The van der Waals surface area contributed by atoms with Gasteiger partial charge in [-0.1, -0.05) is 18.2 Å². The Kier molecular flexibility index (Phi) is 9.61. The lowest BCUT2D eigenvalue weighted by Gasteiger charge is -2.22. The van der Waals surface area contributed by atoms with E-state index in [-0.39, 0.29) is 30.3 Å². The molecule has 0 heterocycles. The van der Waals surface area contributed by atoms with Crippen molar-refractivity contribution in [2.75, 3.05) is 13.2 Å². The highest BCUT2D eigenvalue weighted by molar-refractivity contribution is 7.52. The summed E-state index contributed by atoms with van der Waals surface area (Å²) in [7, 11) is -4.03. The van der Waals surface area contributed by atoms with Gasteiger partial charge in [0.05, 0.1) is 4.92 Å². The van der Waals surface area contributed by atoms with Gasteiger partial charge in [-0.25, -0.2) is 14.2 Å². The molecule has 2 atom stereocenters. The molecule has 13 heteroatoms. The maximum Gasteiger partial charge on any atom is 0.513 e. The molecular weight excluding hydrogens is 481 g/mol. The average Bonchev–Trinajstić information content (AvgIpc) is 2.76. The predicted molar refractivity (Wildman–Crippen MR) is 126 cm³/mol. The van der Waals surface area contributed by atoms with E-state index in [9.17, 15) is 24.3 Å². The Labute approximate surface area is 202 Å². The van der Waals surface area contributed by atoms with Gasteiger partial charge in [-0.05, 0) is 52.0 Å². The molecule has 1 unspecified atom stereocenters. The molecule has 0 aliphatic rings. The molecule has 1 amide bonds. The van der Waals surface area contributed by atoms with Gasteiger partial charge in [0.2, 0.25) is 0 Å². The van der Waals surface area contributed by atoms with Crippen LogP contribution in [0.1, 0.15) is 27.7 Å². The summed E-state index contributed by atoms with van der Waals surface area (Å²) in [5.41, 5.74) is -0.883. The normalized spacial score (nSPS) is 13.6. The highest BCUT2D eigenvalue weighted by atomic mass is 31.2. The number of benzene rings is 2. The lowest BCUT2D eigenvalue weighted by atomic mass is 10.2. The third-order valence-electron chi connectivity index (χ3n) is 3.98. The second kappa shape index (κ2) is 12.2. The first-order valence-corrected chi connectivity index (χ1v) is 12.1. The predicted octanol–water partition coefficient (Wildman–Crippen LogP) is 4.21. The highest BCUT2D eigenvalue weighted by Gasteiger charge is 2.29. The van der Waals surface area contributed by atoms with Crippen molar-refractivity contribution in [1.82, 2.24) is 10.4 Å². The van der Waals surface area contributed by atoms with Crippen LogP contribution in [-0.4, -0.2) is 41.8 Å². The van der Waals surface area contributed by atoms with E-state index in [0.29, 0.717) is 0 Å². The van der Waals surface area contributed by atoms with Crippen molar-refractivity contribution < 1.29 is 37.6 Å². The molecule has 0 saturated carbocycles. The number of non-ortho nitro benzene ring substituents is 1. The molecule has 2 rings (SSSR count). The largest absolute Gasteiger partial charge is 0.513 e. The number of ether oxygens (including phenoxy) is 2. The number of esters is 1. The third-order valence-corrected chi connectivity index (χ3v) is 5.49. The van der Waals surface area contributed by atoms with Crippen LogP contribution in [0.3, 0.4) is 0 Å². The van der Waals surface area contributed by atoms with Gasteiger partial charge >= 0.3 is 19.8 Å². The first-order chi connectivity index (χ1) is 16.4. The summed E-state index contributed by atoms with van der Waals surface area (Å²) in [5.74, 6) is -0.417. The topological polar surface area (TPSA) is 155 Å². The third kappa shape index (κ3) is 10.0. The van der Waals surface area contributed by atoms with Crippen LogP contribution in [-0.2, 0) is 18.8 Å². The lowest BCUT2D eigenvalue weighted by Crippen LogP contribution is -2.42. The van der Waals surface area contributed by atoms with Crippen LogP contribution < -0.4 is 19.5 Å². The van der Waals surface area contributed by atoms with Crippen LogP contribution in [0.4, 0.5) is 10.5 Å². The van der Waals surface area contributed by atoms with Crippen LogP contribution in [0.15, 0.2) is 54.6 Å². The number of carbonyl (C=O) groups excluding carboxylic acids is 2. The Morgan fingerprint density at radius 1 is 1.03 bits per heavy atom. The van der Waals surface area contributed by atoms with Crippen molar-refractivity contribution in [3.63, 3.8) is 0 Å². The zero-order valence-electron chi connectivity index (χ0n) is 19.8. The van der Waals surface area contributed by atoms with Crippen molar-refractivity contribution in [3.05, 3.63) is 64.7 Å². The van der Waals surface area contributed by atoms with Gasteiger partial charge in [-0.15, -0.1) is 0 Å². The maximum absolute atomic E-state index is 13.3. The summed E-state index contributed by atoms with van der Waals surface area (Å²) in [6.45, 7) is 6.16. The minimum absolute atomic E-state index is 0.0644. The first-order valence-electron chi connectivity index (χ1n) is 10.6. The molecule has 0 fully saturated rings. The number of nitrogens with one attached hydrogen (secondary N) is 2. The van der Waals surface area contributed by atoms with E-state index in [4.69, 9.17) is 18.5 Å². The lowest BCUT2D eigenvalue weighted by molar-refractivity contribution is -0.384. The van der Waals surface area contributed by atoms with E-state index < -0.39 is 36.4 Å². The Bertz CT molecular complexity index is 1060. The van der Waals surface area contributed by atoms with E-state index in [0.717, 1.165) is 0 Å². The Hall–Kier alpha value is -3.63. The molecular formula is C22H28N3O9P. The number of nitro benzene ring substituents is 1. The summed E-state index contributed by atoms with van der Waals surface area (Å²) in [6.07, 6.45) is -0.766. The van der Waals surface area contributed by atoms with Crippen LogP contribution in [0.25, 0.3) is 0 Å². The summed E-state index contributed by atoms with van der Waals surface area (Å²) < 4.78 is 34.5. The fourth-order valence-electron chi connectivity index (χ4n) is 2.47. The molecule has 0 aliphatic carbocycles. The number of rotatable bonds is 11. The summed E-state index contributed by atoms with van der Waals surface area (Å²) in [5, 5.41) is 15.8. The minimum Gasteiger partial charge on any atom is -0.463 e. The van der Waals surface area contributed by atoms with Gasteiger partial charge in [0.1, 0.15) is 29.7 Å². The van der Waals surface area contributed by atoms with Gasteiger partial charge < -0.3 is 23.8 Å². The Balaban J connectivity index is 1.96. The van der Waals surface area contributed by atoms with Crippen molar-refractivity contribution in [2.24, 2.45) is 0 Å². The molecule has 2 N–H and O–H groups in total. The monoisotopic (exact) mass is 509 g/mol. The molecule has 35 heavy (non-hydrogen) atoms. The van der Waals surface area contributed by atoms with Gasteiger partial charge in [-0.2, -0.15) is 5.09 Å². The molecule has 0 bridgehead atoms. The molecule has 0 radical (unpaired) electrons. The number of nitrogens with zero attached hydrogens (tertiary/aromatic N) is 1. The second-order valence-corrected chi connectivity index (χ2v) is 9.86. The molecule has 2 aromatic rings. The Morgan fingerprint density at radius 2 is 1.60 bits per heavy atom. The summed E-state index contributed by atoms with van der Waals surface area (Å²) >= 11 is 0. The molecule has 0 spiro atoms. The van der Waals surface area contributed by atoms with Crippen molar-refractivity contribution in [2.45, 2.75) is 39.3 Å². The summed E-state index contributed by atoms with van der Waals surface area (Å²) in [6, 6.07) is 12.2. The molecule has 12 nitrogen and oxygen atoms in total. The number of nitro groups is 1. The SMILES string of the molecule is C[C@H](NC(=O)OC(C)(C)C)C(=O)OCCNP(=O)(Oc1ccccc1)Oc1ccc([N+](=O)[O-])cc1. The van der Waals surface area contributed by atoms with E-state index in [1.54, 1.807) is 51.1 Å². The van der Waals surface area contributed by atoms with Gasteiger partial charge in [0, 0.05) is 18.7 Å². The molecule has 0 saturated heterocycles. The van der Waals surface area contributed by atoms with Crippen LogP contribution in [0.5, 0.6) is 11.5 Å². The number of carbonyl (C=O) groups is 2. The molecule has 0 aliphatic heterocycles. The standard InChI is InChI=1S/C22H28N3O9P/c1-16(24-21(27)32-22(2,3)4)20(26)31-15-14-23-35(30,33-18-8-6-5-7-9-18)34-19-12-10-17(11-13-19)25(28)29/h5-13,16H,14-15H2,1-4H3,(H,23,30)(H,24,27)/t16-,35?/m0/s1. The van der Waals surface area contributed by atoms with Crippen LogP contribution in [0.2, 0.25) is 0 Å². The highest BCUT2D eigenvalue weighted by Crippen LogP contribution is 2.44. The fourth-order valence-corrected chi connectivity index (χ4v) is 3.80. The summed E-state index contributed by atoms with van der Waals surface area (Å²) in [4.78, 5) is 34.2. The number of alkyl carbamates (subject to hydrolysis) is 1. The number of para-hydroxylation sites is 1. The molecule has 0 aromatic heterocycles. The average molecular weight is 509 g/mol. The van der Waals surface area contributed by atoms with E-state index in [2.05, 4.69) is 10.4 Å². The van der Waals surface area contributed by atoms with Crippen LogP contribution in [0, 0.1) is 10.1 Å². The maximum atomic E-state index is 13.3. The van der Waals surface area contributed by atoms with Crippen molar-refractivity contribution >= 4 is 25.5 Å². The zero-order valence-corrected chi connectivity index (χ0v) is 20.7. The second-order valence-electron chi connectivity index (χ2n) is 8.19. The van der Waals surface area contributed by atoms with Crippen molar-refractivity contribution in [1.29, 1.82) is 0 Å². The van der Waals surface area contributed by atoms with Crippen LogP contribution >= 0.6 is 7.75 Å². The number of amides is 1. The smallest absolute Gasteiger partial charge is 0.463 e. The van der Waals surface area contributed by atoms with E-state index in [1.165, 1.54) is 31.2 Å². The van der Waals surface area contributed by atoms with Gasteiger partial charge in [0.15, 0.2) is 0 Å². The fraction of sp³-hybridized carbons (Fsp3) is 0.364. The molecule has 2 aromatic carbocycles. The number of hydrogen-bond donors (Lipinski definition) is 2. The Morgan fingerprint density at radius 3 is 2.14 bits per heavy atom. The number of hydrogen-bond acceptors (Lipinski definition) is 9. The van der Waals surface area contributed by atoms with Crippen molar-refractivity contribution in [3.8, 4) is 11.5 Å². The van der Waals surface area contributed by atoms with E-state index in [1.807, 2.05) is 0 Å². The van der Waals surface area contributed by atoms with E-state index >= 15 is 0 Å². The first kappa shape index (κ1) is 27.6. The quantitative estimate of drug-likeness (QED) is 0.148. The molecule has 190 valence electrons. The minimum atomic E-state index is -4.03. The van der Waals surface area contributed by atoms with Gasteiger partial charge in [0.25, 0.3) is 5.69 Å².